The third-order valence-corrected chi connectivity index (χ3v) is 3.31. The number of aromatic hydroxyl groups is 1. The average molecular weight is 521 g/mol. The summed E-state index contributed by atoms with van der Waals surface area (Å²) in [6.07, 6.45) is 7.04. The van der Waals surface area contributed by atoms with Gasteiger partial charge < -0.3 is 10.1 Å². The molecule has 132 valence electrons. The van der Waals surface area contributed by atoms with Crippen molar-refractivity contribution in [1.82, 2.24) is 15.0 Å². The first-order valence-corrected chi connectivity index (χ1v) is 7.77. The Morgan fingerprint density at radius 3 is 1.54 bits per heavy atom. The maximum absolute atomic E-state index is 8.63. The van der Waals surface area contributed by atoms with Crippen molar-refractivity contribution >= 4 is 0 Å². The molecule has 0 aliphatic rings. The molecular formula is C21H16N3OPt-. The first-order chi connectivity index (χ1) is 12.3. The monoisotopic (exact) mass is 521 g/mol. The van der Waals surface area contributed by atoms with Crippen molar-refractivity contribution in [2.45, 2.75) is 0 Å². The summed E-state index contributed by atoms with van der Waals surface area (Å²) in [7, 11) is 0. The van der Waals surface area contributed by atoms with Crippen molar-refractivity contribution in [2.24, 2.45) is 0 Å². The quantitative estimate of drug-likeness (QED) is 0.398. The van der Waals surface area contributed by atoms with Gasteiger partial charge in [-0.05, 0) is 36.7 Å². The van der Waals surface area contributed by atoms with Crippen LogP contribution in [0.15, 0.2) is 91.5 Å². The topological polar surface area (TPSA) is 58.9 Å². The van der Waals surface area contributed by atoms with E-state index in [0.717, 1.165) is 22.5 Å². The van der Waals surface area contributed by atoms with Gasteiger partial charge in [-0.1, -0.05) is 53.6 Å². The number of phenols is 1. The predicted molar refractivity (Wildman–Crippen MR) is 97.6 cm³/mol. The van der Waals surface area contributed by atoms with Crippen LogP contribution in [0.2, 0.25) is 0 Å². The van der Waals surface area contributed by atoms with Crippen LogP contribution in [-0.4, -0.2) is 20.1 Å². The molecule has 1 aromatic carbocycles. The number of phenolic OH excluding ortho intramolecular Hbond substituents is 1. The molecule has 0 fully saturated rings. The summed E-state index contributed by atoms with van der Waals surface area (Å²) in [4.78, 5) is 12.8. The summed E-state index contributed by atoms with van der Waals surface area (Å²) in [6, 6.07) is 23.6. The summed E-state index contributed by atoms with van der Waals surface area (Å²) in [5, 5.41) is 8.63. The zero-order valence-corrected chi connectivity index (χ0v) is 16.0. The van der Waals surface area contributed by atoms with Crippen LogP contribution in [0.3, 0.4) is 0 Å². The molecule has 1 N–H and O–H groups in total. The molecule has 0 unspecified atom stereocenters. The minimum Gasteiger partial charge on any atom is -0.508 e. The summed E-state index contributed by atoms with van der Waals surface area (Å²) in [6.45, 7) is 0. The van der Waals surface area contributed by atoms with Crippen molar-refractivity contribution < 1.29 is 26.2 Å². The third kappa shape index (κ3) is 5.61. The number of hydrogen-bond donors (Lipinski definition) is 1. The van der Waals surface area contributed by atoms with E-state index in [2.05, 4.69) is 21.0 Å². The Balaban J connectivity index is 0.000000258. The average Bonchev–Trinajstić information content (AvgIpc) is 2.71. The van der Waals surface area contributed by atoms with Gasteiger partial charge in [-0.25, -0.2) is 0 Å². The van der Waals surface area contributed by atoms with E-state index in [1.165, 1.54) is 0 Å². The van der Waals surface area contributed by atoms with Crippen LogP contribution in [0.1, 0.15) is 0 Å². The molecule has 0 saturated carbocycles. The molecule has 0 spiro atoms. The maximum Gasteiger partial charge on any atom is 0.115 e. The molecule has 0 amide bonds. The fraction of sp³-hybridized carbons (Fsp3) is 0. The summed E-state index contributed by atoms with van der Waals surface area (Å²) in [5.74, 6) is 0.322. The fourth-order valence-corrected chi connectivity index (χ4v) is 2.13. The van der Waals surface area contributed by atoms with Crippen LogP contribution in [0.25, 0.3) is 22.5 Å². The van der Waals surface area contributed by atoms with E-state index in [4.69, 9.17) is 5.11 Å². The van der Waals surface area contributed by atoms with Crippen molar-refractivity contribution in [3.63, 3.8) is 0 Å². The van der Waals surface area contributed by atoms with E-state index in [9.17, 15) is 0 Å². The summed E-state index contributed by atoms with van der Waals surface area (Å²) < 4.78 is 0. The number of para-hydroxylation sites is 1. The minimum absolute atomic E-state index is 0. The zero-order chi connectivity index (χ0) is 17.3. The first kappa shape index (κ1) is 19.5. The Bertz CT molecular complexity index is 849. The molecule has 4 aromatic rings. The van der Waals surface area contributed by atoms with Gasteiger partial charge >= 0.3 is 0 Å². The van der Waals surface area contributed by atoms with E-state index < -0.39 is 0 Å². The fourth-order valence-electron chi connectivity index (χ4n) is 2.13. The van der Waals surface area contributed by atoms with Crippen LogP contribution in [0.5, 0.6) is 5.75 Å². The second kappa shape index (κ2) is 10.2. The molecule has 0 aliphatic carbocycles. The van der Waals surface area contributed by atoms with E-state index in [0.29, 0.717) is 5.75 Å². The van der Waals surface area contributed by atoms with Gasteiger partial charge in [0.2, 0.25) is 0 Å². The second-order valence-corrected chi connectivity index (χ2v) is 5.13. The Hall–Kier alpha value is -2.84. The number of aromatic nitrogens is 3. The smallest absolute Gasteiger partial charge is 0.115 e. The first-order valence-electron chi connectivity index (χ1n) is 7.77. The Labute approximate surface area is 166 Å². The van der Waals surface area contributed by atoms with Crippen molar-refractivity contribution in [1.29, 1.82) is 0 Å². The standard InChI is InChI=1S/C15H10N3.C6H6O.Pt/c1-3-7-17-14(5-1)12-9-13(11-16-10-12)15-6-2-4-8-18-15;7-6-4-2-1-3-5-6;/h1-8,10-11H;1-5,7H;/q-1;;. The molecule has 3 aromatic heterocycles. The van der Waals surface area contributed by atoms with Crippen LogP contribution >= 0.6 is 0 Å². The number of hydrogen-bond acceptors (Lipinski definition) is 4. The maximum atomic E-state index is 8.63. The van der Waals surface area contributed by atoms with Crippen LogP contribution in [0.4, 0.5) is 0 Å². The molecule has 0 aliphatic heterocycles. The molecule has 4 nitrogen and oxygen atoms in total. The molecule has 5 heteroatoms. The number of benzene rings is 1. The van der Waals surface area contributed by atoms with Crippen LogP contribution in [-0.2, 0) is 21.1 Å². The number of pyridine rings is 3. The SMILES string of the molecule is Oc1ccccc1.[Pt].[c-]1c(-c2ccccn2)cncc1-c1ccccn1. The third-order valence-electron chi connectivity index (χ3n) is 3.31. The molecule has 0 radical (unpaired) electrons. The van der Waals surface area contributed by atoms with Gasteiger partial charge in [0.25, 0.3) is 0 Å². The van der Waals surface area contributed by atoms with Crippen LogP contribution in [0, 0.1) is 6.07 Å². The molecular weight excluding hydrogens is 505 g/mol. The predicted octanol–water partition coefficient (Wildman–Crippen LogP) is 4.40. The van der Waals surface area contributed by atoms with Crippen molar-refractivity contribution in [3.8, 4) is 28.3 Å². The molecule has 0 bridgehead atoms. The van der Waals surface area contributed by atoms with Crippen molar-refractivity contribution in [3.05, 3.63) is 97.6 Å². The van der Waals surface area contributed by atoms with E-state index in [1.807, 2.05) is 42.5 Å². The second-order valence-electron chi connectivity index (χ2n) is 5.13. The van der Waals surface area contributed by atoms with E-state index >= 15 is 0 Å². The van der Waals surface area contributed by atoms with Crippen molar-refractivity contribution in [2.75, 3.05) is 0 Å². The Kier molecular flexibility index (Phi) is 7.66. The number of nitrogens with zero attached hydrogens (tertiary/aromatic N) is 3. The molecule has 0 saturated heterocycles. The molecule has 4 rings (SSSR count). The van der Waals surface area contributed by atoms with Crippen LogP contribution < -0.4 is 0 Å². The van der Waals surface area contributed by atoms with E-state index in [-0.39, 0.29) is 21.1 Å². The van der Waals surface area contributed by atoms with Gasteiger partial charge in [-0.3, -0.25) is 9.97 Å². The number of rotatable bonds is 2. The van der Waals surface area contributed by atoms with Gasteiger partial charge in [0, 0.05) is 44.8 Å². The summed E-state index contributed by atoms with van der Waals surface area (Å²) >= 11 is 0. The summed E-state index contributed by atoms with van der Waals surface area (Å²) in [5.41, 5.74) is 3.48. The minimum atomic E-state index is 0. The zero-order valence-electron chi connectivity index (χ0n) is 13.8. The van der Waals surface area contributed by atoms with Gasteiger partial charge in [0.15, 0.2) is 0 Å². The molecule has 3 heterocycles. The van der Waals surface area contributed by atoms with Gasteiger partial charge in [0.05, 0.1) is 0 Å². The normalized spacial score (nSPS) is 9.38. The Morgan fingerprint density at radius 2 is 1.15 bits per heavy atom. The van der Waals surface area contributed by atoms with Gasteiger partial charge in [-0.15, -0.1) is 6.07 Å². The molecule has 0 atom stereocenters. The largest absolute Gasteiger partial charge is 0.508 e. The molecule has 26 heavy (non-hydrogen) atoms. The van der Waals surface area contributed by atoms with E-state index in [1.54, 1.807) is 49.1 Å². The Morgan fingerprint density at radius 1 is 0.654 bits per heavy atom. The van der Waals surface area contributed by atoms with Gasteiger partial charge in [0.1, 0.15) is 5.75 Å². The van der Waals surface area contributed by atoms with Gasteiger partial charge in [-0.2, -0.15) is 0 Å².